The highest BCUT2D eigenvalue weighted by molar-refractivity contribution is 8.08. The Labute approximate surface area is 206 Å². The molecular weight excluding hydrogens is 479 g/mol. The molecule has 4 rings (SSSR count). The quantitative estimate of drug-likeness (QED) is 0.359. The number of nitrogens with zero attached hydrogens (tertiary/aromatic N) is 1. The zero-order chi connectivity index (χ0) is 23.5. The third-order valence-corrected chi connectivity index (χ3v) is 7.27. The smallest absolute Gasteiger partial charge is 0.247 e. The van der Waals surface area contributed by atoms with Gasteiger partial charge in [-0.1, -0.05) is 59.8 Å². The van der Waals surface area contributed by atoms with Crippen LogP contribution in [-0.2, 0) is 11.2 Å². The Morgan fingerprint density at radius 2 is 1.85 bits per heavy atom. The molecule has 0 atom stereocenters. The fraction of sp³-hybridized carbons (Fsp3) is 0.120. The molecule has 0 aliphatic heterocycles. The fourth-order valence-electron chi connectivity index (χ4n) is 3.45. The van der Waals surface area contributed by atoms with Crippen molar-refractivity contribution >= 4 is 51.5 Å². The van der Waals surface area contributed by atoms with Crippen LogP contribution in [0, 0.1) is 0 Å². The minimum absolute atomic E-state index is 0.258. The van der Waals surface area contributed by atoms with E-state index in [9.17, 15) is 4.79 Å². The lowest BCUT2D eigenvalue weighted by Crippen LogP contribution is -2.07. The monoisotopic (exact) mass is 498 g/mol. The lowest BCUT2D eigenvalue weighted by atomic mass is 10.1. The zero-order valence-electron chi connectivity index (χ0n) is 17.9. The number of carbonyl (C=O) groups is 1. The van der Waals surface area contributed by atoms with Crippen molar-refractivity contribution in [3.8, 4) is 22.8 Å². The van der Waals surface area contributed by atoms with Crippen molar-refractivity contribution in [1.82, 2.24) is 4.98 Å². The topological polar surface area (TPSA) is 60.5 Å². The molecular formula is C25H20Cl2N2O3S. The van der Waals surface area contributed by atoms with Gasteiger partial charge in [-0.05, 0) is 30.3 Å². The number of fused-ring (bicyclic) bond motifs is 1. The summed E-state index contributed by atoms with van der Waals surface area (Å²) in [5.74, 6) is 0.735. The van der Waals surface area contributed by atoms with E-state index in [1.807, 2.05) is 36.4 Å². The van der Waals surface area contributed by atoms with Crippen LogP contribution in [0.5, 0.6) is 11.5 Å². The first-order chi connectivity index (χ1) is 15.9. The summed E-state index contributed by atoms with van der Waals surface area (Å²) < 4.78 is 10.8. The van der Waals surface area contributed by atoms with Gasteiger partial charge in [-0.25, -0.2) is 0 Å². The van der Waals surface area contributed by atoms with Crippen LogP contribution in [0.25, 0.3) is 16.2 Å². The fourth-order valence-corrected chi connectivity index (χ4v) is 5.25. The molecule has 1 aliphatic carbocycles. The number of allylic oxidation sites excluding steroid dienone is 1. The second-order valence-corrected chi connectivity index (χ2v) is 8.89. The number of halogens is 2. The number of nitrogens with one attached hydrogen (secondary N) is 1. The summed E-state index contributed by atoms with van der Waals surface area (Å²) in [4.78, 5) is 18.1. The second kappa shape index (κ2) is 9.91. The average Bonchev–Trinajstić information content (AvgIpc) is 3.24. The van der Waals surface area contributed by atoms with Crippen LogP contribution < -0.4 is 14.8 Å². The van der Waals surface area contributed by atoms with Gasteiger partial charge in [0.1, 0.15) is 11.5 Å². The Morgan fingerprint density at radius 1 is 1.12 bits per heavy atom. The Balaban J connectivity index is 1.62. The molecule has 0 bridgehead atoms. The van der Waals surface area contributed by atoms with Crippen molar-refractivity contribution in [2.24, 2.45) is 0 Å². The van der Waals surface area contributed by atoms with Gasteiger partial charge < -0.3 is 14.8 Å². The van der Waals surface area contributed by atoms with Crippen LogP contribution in [0.2, 0.25) is 10.0 Å². The summed E-state index contributed by atoms with van der Waals surface area (Å²) in [7, 11) is 3.10. The summed E-state index contributed by atoms with van der Waals surface area (Å²) in [6, 6.07) is 13.2. The Kier molecular flexibility index (Phi) is 6.98. The van der Waals surface area contributed by atoms with Crippen molar-refractivity contribution < 1.29 is 14.3 Å². The van der Waals surface area contributed by atoms with Crippen molar-refractivity contribution in [1.29, 1.82) is 0 Å². The average molecular weight is 499 g/mol. The first kappa shape index (κ1) is 23.2. The number of anilines is 1. The van der Waals surface area contributed by atoms with Crippen molar-refractivity contribution in [2.75, 3.05) is 19.5 Å². The Bertz CT molecular complexity index is 1260. The first-order valence-corrected chi connectivity index (χ1v) is 11.5. The Hall–Kier alpha value is -2.93. The van der Waals surface area contributed by atoms with E-state index in [-0.39, 0.29) is 5.91 Å². The summed E-state index contributed by atoms with van der Waals surface area (Å²) in [6.07, 6.45) is 4.03. The SMILES string of the molecule is C=CC(=O)Nc1cccc(-c2ccc3c(n2)CC=C3Sc2c(Cl)c(OC)cc(OC)c2Cl)c1. The van der Waals surface area contributed by atoms with Gasteiger partial charge in [-0.15, -0.1) is 0 Å². The molecule has 168 valence electrons. The number of thioether (sulfide) groups is 1. The molecule has 0 saturated carbocycles. The van der Waals surface area contributed by atoms with Crippen molar-refractivity contribution in [3.05, 3.63) is 82.5 Å². The Morgan fingerprint density at radius 3 is 2.52 bits per heavy atom. The first-order valence-electron chi connectivity index (χ1n) is 9.97. The molecule has 0 radical (unpaired) electrons. The largest absolute Gasteiger partial charge is 0.495 e. The molecule has 8 heteroatoms. The van der Waals surface area contributed by atoms with E-state index in [2.05, 4.69) is 18.0 Å². The maximum Gasteiger partial charge on any atom is 0.247 e. The van der Waals surface area contributed by atoms with Gasteiger partial charge in [0, 0.05) is 34.2 Å². The van der Waals surface area contributed by atoms with Crippen molar-refractivity contribution in [2.45, 2.75) is 11.3 Å². The normalized spacial score (nSPS) is 12.1. The minimum atomic E-state index is -0.258. The molecule has 1 aromatic heterocycles. The number of aromatic nitrogens is 1. The predicted octanol–water partition coefficient (Wildman–Crippen LogP) is 6.89. The lowest BCUT2D eigenvalue weighted by Gasteiger charge is -2.15. The number of methoxy groups -OCH3 is 2. The number of hydrogen-bond acceptors (Lipinski definition) is 5. The zero-order valence-corrected chi connectivity index (χ0v) is 20.3. The molecule has 0 spiro atoms. The molecule has 5 nitrogen and oxygen atoms in total. The van der Waals surface area contributed by atoms with Gasteiger partial charge in [0.25, 0.3) is 0 Å². The molecule has 1 N–H and O–H groups in total. The third-order valence-electron chi connectivity index (χ3n) is 5.08. The van der Waals surface area contributed by atoms with E-state index >= 15 is 0 Å². The molecule has 0 fully saturated rings. The second-order valence-electron chi connectivity index (χ2n) is 7.08. The molecule has 33 heavy (non-hydrogen) atoms. The predicted molar refractivity (Wildman–Crippen MR) is 136 cm³/mol. The number of ether oxygens (including phenoxy) is 2. The van der Waals surface area contributed by atoms with Gasteiger partial charge in [0.15, 0.2) is 0 Å². The minimum Gasteiger partial charge on any atom is -0.495 e. The van der Waals surface area contributed by atoms with Crippen LogP contribution in [0.3, 0.4) is 0 Å². The number of pyridine rings is 1. The van der Waals surface area contributed by atoms with Crippen LogP contribution >= 0.6 is 35.0 Å². The number of amides is 1. The molecule has 1 aliphatic rings. The van der Waals surface area contributed by atoms with Crippen LogP contribution in [-0.4, -0.2) is 25.1 Å². The van der Waals surface area contributed by atoms with Crippen LogP contribution in [0.1, 0.15) is 11.3 Å². The summed E-state index contributed by atoms with van der Waals surface area (Å²) >= 11 is 14.6. The number of carbonyl (C=O) groups excluding carboxylic acids is 1. The molecule has 2 aromatic carbocycles. The van der Waals surface area contributed by atoms with Crippen LogP contribution in [0.15, 0.2) is 66.1 Å². The standard InChI is InChI=1S/C25H20Cl2N2O3S/c1-4-22(30)28-15-7-5-6-14(12-15)17-9-8-16-18(29-17)10-11-21(16)33-25-23(26)19(31-2)13-20(32-3)24(25)27/h4-9,11-13H,1,10H2,2-3H3,(H,28,30). The van der Waals surface area contributed by atoms with Gasteiger partial charge in [-0.3, -0.25) is 9.78 Å². The lowest BCUT2D eigenvalue weighted by molar-refractivity contribution is -0.111. The maximum atomic E-state index is 11.6. The molecule has 3 aromatic rings. The van der Waals surface area contributed by atoms with E-state index in [0.717, 1.165) is 27.4 Å². The van der Waals surface area contributed by atoms with E-state index in [1.165, 1.54) is 17.8 Å². The number of benzene rings is 2. The number of hydrogen-bond donors (Lipinski definition) is 1. The van der Waals surface area contributed by atoms with Crippen molar-refractivity contribution in [3.63, 3.8) is 0 Å². The van der Waals surface area contributed by atoms with E-state index in [4.69, 9.17) is 37.7 Å². The maximum absolute atomic E-state index is 11.6. The molecule has 1 heterocycles. The van der Waals surface area contributed by atoms with E-state index < -0.39 is 0 Å². The molecule has 0 unspecified atom stereocenters. The number of rotatable bonds is 7. The van der Waals surface area contributed by atoms with Crippen LogP contribution in [0.4, 0.5) is 5.69 Å². The summed E-state index contributed by atoms with van der Waals surface area (Å²) in [6.45, 7) is 3.48. The third kappa shape index (κ3) is 4.74. The molecule has 1 amide bonds. The van der Waals surface area contributed by atoms with E-state index in [1.54, 1.807) is 20.3 Å². The summed E-state index contributed by atoms with van der Waals surface area (Å²) in [5, 5.41) is 3.65. The van der Waals surface area contributed by atoms with Gasteiger partial charge in [0.2, 0.25) is 5.91 Å². The van der Waals surface area contributed by atoms with Gasteiger partial charge in [0.05, 0.1) is 40.5 Å². The highest BCUT2D eigenvalue weighted by Crippen LogP contribution is 2.50. The summed E-state index contributed by atoms with van der Waals surface area (Å²) in [5.41, 5.74) is 4.39. The molecule has 0 saturated heterocycles. The highest BCUT2D eigenvalue weighted by atomic mass is 35.5. The van der Waals surface area contributed by atoms with Gasteiger partial charge >= 0.3 is 0 Å². The van der Waals surface area contributed by atoms with Gasteiger partial charge in [-0.2, -0.15) is 0 Å². The highest BCUT2D eigenvalue weighted by Gasteiger charge is 2.23. The van der Waals surface area contributed by atoms with E-state index in [0.29, 0.717) is 38.5 Å².